The Bertz CT molecular complexity index is 348. The Labute approximate surface area is 81.5 Å². The number of rotatable bonds is 2. The van der Waals surface area contributed by atoms with Gasteiger partial charge in [0.1, 0.15) is 0 Å². The first-order valence-electron chi connectivity index (χ1n) is 4.63. The van der Waals surface area contributed by atoms with Gasteiger partial charge in [-0.2, -0.15) is 5.10 Å². The summed E-state index contributed by atoms with van der Waals surface area (Å²) >= 11 is 0. The van der Waals surface area contributed by atoms with Crippen LogP contribution in [0.15, 0.2) is 6.20 Å². The summed E-state index contributed by atoms with van der Waals surface area (Å²) in [7, 11) is 0. The van der Waals surface area contributed by atoms with Crippen molar-refractivity contribution in [3.05, 3.63) is 17.5 Å². The predicted molar refractivity (Wildman–Crippen MR) is 50.1 cm³/mol. The molecule has 1 aromatic rings. The van der Waals surface area contributed by atoms with Crippen molar-refractivity contribution in [3.63, 3.8) is 0 Å². The number of aryl methyl sites for hydroxylation is 1. The van der Waals surface area contributed by atoms with E-state index in [0.29, 0.717) is 13.1 Å². The molecular formula is C9H13N3O2. The maximum Gasteiger partial charge on any atom is 0.308 e. The molecular weight excluding hydrogens is 182 g/mol. The number of aromatic amines is 1. The molecule has 1 aliphatic rings. The number of nitrogens with one attached hydrogen (secondary N) is 2. The lowest BCUT2D eigenvalue weighted by Crippen LogP contribution is -2.21. The number of hydrogen-bond acceptors (Lipinski definition) is 3. The minimum atomic E-state index is -0.742. The summed E-state index contributed by atoms with van der Waals surface area (Å²) in [5, 5.41) is 18.9. The van der Waals surface area contributed by atoms with Gasteiger partial charge in [0.15, 0.2) is 0 Å². The molecule has 0 amide bonds. The van der Waals surface area contributed by atoms with Crippen LogP contribution < -0.4 is 5.32 Å². The summed E-state index contributed by atoms with van der Waals surface area (Å²) < 4.78 is 0. The molecule has 0 aliphatic carbocycles. The molecule has 1 fully saturated rings. The molecule has 0 aromatic carbocycles. The van der Waals surface area contributed by atoms with Crippen molar-refractivity contribution in [3.8, 4) is 0 Å². The fourth-order valence-electron chi connectivity index (χ4n) is 1.97. The van der Waals surface area contributed by atoms with Crippen molar-refractivity contribution in [1.82, 2.24) is 15.5 Å². The molecule has 5 heteroatoms. The van der Waals surface area contributed by atoms with Gasteiger partial charge >= 0.3 is 5.97 Å². The van der Waals surface area contributed by atoms with E-state index >= 15 is 0 Å². The van der Waals surface area contributed by atoms with Crippen LogP contribution in [0, 0.1) is 12.8 Å². The summed E-state index contributed by atoms with van der Waals surface area (Å²) in [5.41, 5.74) is 1.98. The molecule has 1 aromatic heterocycles. The molecule has 2 atom stereocenters. The Kier molecular flexibility index (Phi) is 2.25. The van der Waals surface area contributed by atoms with Gasteiger partial charge in [-0.25, -0.2) is 0 Å². The number of H-pyrrole nitrogens is 1. The number of carbonyl (C=O) groups is 1. The normalized spacial score (nSPS) is 26.6. The van der Waals surface area contributed by atoms with Gasteiger partial charge in [-0.05, 0) is 12.5 Å². The fourth-order valence-corrected chi connectivity index (χ4v) is 1.97. The standard InChI is InChI=1S/C9H13N3O2/c1-5-2-11-12-8(5)6-3-10-4-7(6)9(13)14/h2,6-7,10H,3-4H2,1H3,(H,11,12)(H,13,14). The van der Waals surface area contributed by atoms with E-state index in [1.54, 1.807) is 6.20 Å². The van der Waals surface area contributed by atoms with Crippen LogP contribution in [0.1, 0.15) is 17.2 Å². The van der Waals surface area contributed by atoms with Crippen LogP contribution in [0.25, 0.3) is 0 Å². The van der Waals surface area contributed by atoms with Gasteiger partial charge in [-0.1, -0.05) is 0 Å². The van der Waals surface area contributed by atoms with Crippen LogP contribution in [-0.4, -0.2) is 34.4 Å². The van der Waals surface area contributed by atoms with Gasteiger partial charge in [0.2, 0.25) is 0 Å². The van der Waals surface area contributed by atoms with Crippen molar-refractivity contribution in [2.45, 2.75) is 12.8 Å². The van der Waals surface area contributed by atoms with E-state index in [1.807, 2.05) is 6.92 Å². The molecule has 1 aliphatic heterocycles. The van der Waals surface area contributed by atoms with Gasteiger partial charge in [-0.15, -0.1) is 0 Å². The van der Waals surface area contributed by atoms with Crippen LogP contribution in [0.5, 0.6) is 0 Å². The van der Waals surface area contributed by atoms with E-state index in [9.17, 15) is 4.79 Å². The molecule has 5 nitrogen and oxygen atoms in total. The highest BCUT2D eigenvalue weighted by atomic mass is 16.4. The Morgan fingerprint density at radius 1 is 1.64 bits per heavy atom. The molecule has 0 radical (unpaired) electrons. The zero-order valence-electron chi connectivity index (χ0n) is 7.95. The second kappa shape index (κ2) is 3.42. The molecule has 1 saturated heterocycles. The predicted octanol–water partition coefficient (Wildman–Crippen LogP) is 0.106. The molecule has 14 heavy (non-hydrogen) atoms. The van der Waals surface area contributed by atoms with Crippen LogP contribution in [0.4, 0.5) is 0 Å². The monoisotopic (exact) mass is 195 g/mol. The lowest BCUT2D eigenvalue weighted by Gasteiger charge is -2.13. The van der Waals surface area contributed by atoms with E-state index in [2.05, 4.69) is 15.5 Å². The minimum absolute atomic E-state index is 0.0231. The molecule has 0 saturated carbocycles. The number of carboxylic acid groups (broad SMARTS) is 1. The first-order valence-corrected chi connectivity index (χ1v) is 4.63. The number of aromatic nitrogens is 2. The Morgan fingerprint density at radius 2 is 2.43 bits per heavy atom. The molecule has 2 rings (SSSR count). The maximum atomic E-state index is 10.9. The molecule has 0 bridgehead atoms. The van der Waals surface area contributed by atoms with Crippen LogP contribution in [0.2, 0.25) is 0 Å². The first kappa shape index (κ1) is 9.21. The molecule has 0 spiro atoms. The van der Waals surface area contributed by atoms with Crippen LogP contribution >= 0.6 is 0 Å². The third-order valence-corrected chi connectivity index (χ3v) is 2.77. The summed E-state index contributed by atoms with van der Waals surface area (Å²) in [6.45, 7) is 3.19. The first-order chi connectivity index (χ1) is 6.70. The molecule has 3 N–H and O–H groups in total. The molecule has 2 heterocycles. The highest BCUT2D eigenvalue weighted by molar-refractivity contribution is 5.72. The van der Waals surface area contributed by atoms with E-state index in [4.69, 9.17) is 5.11 Å². The van der Waals surface area contributed by atoms with Gasteiger partial charge in [0, 0.05) is 24.7 Å². The van der Waals surface area contributed by atoms with Gasteiger partial charge in [-0.3, -0.25) is 9.89 Å². The number of aliphatic carboxylic acids is 1. The minimum Gasteiger partial charge on any atom is -0.481 e. The van der Waals surface area contributed by atoms with Crippen molar-refractivity contribution < 1.29 is 9.90 Å². The lowest BCUT2D eigenvalue weighted by atomic mass is 9.91. The van der Waals surface area contributed by atoms with Gasteiger partial charge < -0.3 is 10.4 Å². The van der Waals surface area contributed by atoms with Gasteiger partial charge in [0.25, 0.3) is 0 Å². The van der Waals surface area contributed by atoms with E-state index < -0.39 is 5.97 Å². The van der Waals surface area contributed by atoms with Crippen molar-refractivity contribution in [2.75, 3.05) is 13.1 Å². The largest absolute Gasteiger partial charge is 0.481 e. The maximum absolute atomic E-state index is 10.9. The van der Waals surface area contributed by atoms with Crippen molar-refractivity contribution in [1.29, 1.82) is 0 Å². The third-order valence-electron chi connectivity index (χ3n) is 2.77. The van der Waals surface area contributed by atoms with E-state index in [-0.39, 0.29) is 11.8 Å². The Balaban J connectivity index is 2.26. The van der Waals surface area contributed by atoms with Crippen LogP contribution in [-0.2, 0) is 4.79 Å². The second-order valence-corrected chi connectivity index (χ2v) is 3.68. The van der Waals surface area contributed by atoms with E-state index in [1.165, 1.54) is 0 Å². The number of hydrogen-bond donors (Lipinski definition) is 3. The number of carboxylic acids is 1. The molecule has 76 valence electrons. The molecule has 2 unspecified atom stereocenters. The zero-order valence-corrected chi connectivity index (χ0v) is 7.95. The quantitative estimate of drug-likeness (QED) is 0.625. The average molecular weight is 195 g/mol. The number of nitrogens with zero attached hydrogens (tertiary/aromatic N) is 1. The summed E-state index contributed by atoms with van der Waals surface area (Å²) in [6, 6.07) is 0. The Hall–Kier alpha value is -1.36. The lowest BCUT2D eigenvalue weighted by molar-refractivity contribution is -0.141. The van der Waals surface area contributed by atoms with Crippen molar-refractivity contribution >= 4 is 5.97 Å². The summed E-state index contributed by atoms with van der Waals surface area (Å²) in [5.74, 6) is -1.06. The van der Waals surface area contributed by atoms with E-state index in [0.717, 1.165) is 11.3 Å². The smallest absolute Gasteiger partial charge is 0.308 e. The summed E-state index contributed by atoms with van der Waals surface area (Å²) in [6.07, 6.45) is 1.73. The topological polar surface area (TPSA) is 78.0 Å². The second-order valence-electron chi connectivity index (χ2n) is 3.68. The SMILES string of the molecule is Cc1cn[nH]c1C1CNCC1C(=O)O. The highest BCUT2D eigenvalue weighted by Crippen LogP contribution is 2.28. The highest BCUT2D eigenvalue weighted by Gasteiger charge is 2.35. The third kappa shape index (κ3) is 1.39. The van der Waals surface area contributed by atoms with Crippen molar-refractivity contribution in [2.24, 2.45) is 5.92 Å². The van der Waals surface area contributed by atoms with Gasteiger partial charge in [0.05, 0.1) is 12.1 Å². The average Bonchev–Trinajstić information content (AvgIpc) is 2.70. The fraction of sp³-hybridized carbons (Fsp3) is 0.556. The van der Waals surface area contributed by atoms with Crippen LogP contribution in [0.3, 0.4) is 0 Å². The Morgan fingerprint density at radius 3 is 3.00 bits per heavy atom. The zero-order chi connectivity index (χ0) is 10.1. The summed E-state index contributed by atoms with van der Waals surface area (Å²) in [4.78, 5) is 10.9.